The van der Waals surface area contributed by atoms with E-state index in [2.05, 4.69) is 20.6 Å². The van der Waals surface area contributed by atoms with E-state index >= 15 is 0 Å². The number of nitrogens with zero attached hydrogens (tertiary/aromatic N) is 2. The summed E-state index contributed by atoms with van der Waals surface area (Å²) in [6.45, 7) is 2.06. The molecule has 0 saturated carbocycles. The Labute approximate surface area is 174 Å². The van der Waals surface area contributed by atoms with Crippen molar-refractivity contribution < 1.29 is 22.0 Å². The van der Waals surface area contributed by atoms with Crippen LogP contribution in [0.2, 0.25) is 0 Å². The molecule has 0 bridgehead atoms. The monoisotopic (exact) mass is 520 g/mol. The summed E-state index contributed by atoms with van der Waals surface area (Å²) >= 11 is 0.941. The molecule has 1 aromatic heterocycles. The quantitative estimate of drug-likeness (QED) is 0.264. The standard InChI is InChI=1S/C16H17F5N4S.HI/c1-9(10-3-4-11(17)12(18)7-10)24-15(22-2)23-6-5-14-25-13(8-26-14)16(19,20)21;/h3-4,7-9H,5-6H2,1-2H3,(H2,22,23,24);1H. The molecule has 0 spiro atoms. The highest BCUT2D eigenvalue weighted by Crippen LogP contribution is 2.30. The van der Waals surface area contributed by atoms with Gasteiger partial charge >= 0.3 is 6.18 Å². The van der Waals surface area contributed by atoms with Gasteiger partial charge in [0.1, 0.15) is 0 Å². The first-order valence-corrected chi connectivity index (χ1v) is 8.52. The van der Waals surface area contributed by atoms with Crippen LogP contribution in [0.5, 0.6) is 0 Å². The summed E-state index contributed by atoms with van der Waals surface area (Å²) in [5.74, 6) is -1.48. The van der Waals surface area contributed by atoms with Gasteiger partial charge in [0.25, 0.3) is 0 Å². The fraction of sp³-hybridized carbons (Fsp3) is 0.375. The summed E-state index contributed by atoms with van der Waals surface area (Å²) in [6.07, 6.45) is -4.15. The number of alkyl halides is 3. The van der Waals surface area contributed by atoms with E-state index in [0.29, 0.717) is 29.5 Å². The zero-order chi connectivity index (χ0) is 19.3. The van der Waals surface area contributed by atoms with E-state index in [-0.39, 0.29) is 30.0 Å². The molecule has 150 valence electrons. The van der Waals surface area contributed by atoms with Crippen LogP contribution in [0.3, 0.4) is 0 Å². The molecule has 2 rings (SSSR count). The molecule has 2 aromatic rings. The SMILES string of the molecule is CN=C(NCCc1nc(C(F)(F)F)cs1)NC(C)c1ccc(F)c(F)c1.I. The number of aromatic nitrogens is 1. The van der Waals surface area contributed by atoms with Gasteiger partial charge in [-0.1, -0.05) is 6.07 Å². The predicted octanol–water partition coefficient (Wildman–Crippen LogP) is 4.53. The molecule has 0 aliphatic carbocycles. The number of guanidine groups is 1. The third-order valence-electron chi connectivity index (χ3n) is 3.49. The first kappa shape index (κ1) is 23.5. The Morgan fingerprint density at radius 1 is 1.26 bits per heavy atom. The minimum absolute atomic E-state index is 0. The summed E-state index contributed by atoms with van der Waals surface area (Å²) in [5.41, 5.74) is -0.367. The fourth-order valence-corrected chi connectivity index (χ4v) is 2.91. The third kappa shape index (κ3) is 6.87. The van der Waals surface area contributed by atoms with E-state index in [1.54, 1.807) is 6.92 Å². The first-order valence-electron chi connectivity index (χ1n) is 7.64. The minimum atomic E-state index is -4.44. The molecule has 0 aliphatic heterocycles. The average Bonchev–Trinajstić information content (AvgIpc) is 3.05. The Morgan fingerprint density at radius 3 is 2.52 bits per heavy atom. The molecule has 1 unspecified atom stereocenters. The smallest absolute Gasteiger partial charge is 0.356 e. The highest BCUT2D eigenvalue weighted by atomic mass is 127. The number of aliphatic imine (C=N–C) groups is 1. The average molecular weight is 520 g/mol. The predicted molar refractivity (Wildman–Crippen MR) is 106 cm³/mol. The van der Waals surface area contributed by atoms with Gasteiger partial charge in [-0.3, -0.25) is 4.99 Å². The van der Waals surface area contributed by atoms with Crippen LogP contribution in [0, 0.1) is 11.6 Å². The van der Waals surface area contributed by atoms with Crippen molar-refractivity contribution >= 4 is 41.3 Å². The normalized spacial score (nSPS) is 13.1. The molecule has 1 heterocycles. The molecule has 0 radical (unpaired) electrons. The molecule has 27 heavy (non-hydrogen) atoms. The van der Waals surface area contributed by atoms with Crippen molar-refractivity contribution in [3.05, 3.63) is 51.5 Å². The van der Waals surface area contributed by atoms with Crippen molar-refractivity contribution in [2.45, 2.75) is 25.6 Å². The topological polar surface area (TPSA) is 49.3 Å². The van der Waals surface area contributed by atoms with Crippen molar-refractivity contribution in [1.29, 1.82) is 0 Å². The molecule has 0 saturated heterocycles. The number of benzene rings is 1. The maximum atomic E-state index is 13.3. The maximum Gasteiger partial charge on any atom is 0.434 e. The first-order chi connectivity index (χ1) is 12.2. The van der Waals surface area contributed by atoms with Crippen LogP contribution in [0.4, 0.5) is 22.0 Å². The molecule has 1 atom stereocenters. The second-order valence-electron chi connectivity index (χ2n) is 5.41. The molecule has 2 N–H and O–H groups in total. The van der Waals surface area contributed by atoms with Crippen molar-refractivity contribution in [2.24, 2.45) is 4.99 Å². The van der Waals surface area contributed by atoms with Gasteiger partial charge in [-0.05, 0) is 24.6 Å². The lowest BCUT2D eigenvalue weighted by Gasteiger charge is -2.18. The van der Waals surface area contributed by atoms with Gasteiger partial charge in [0.05, 0.1) is 11.0 Å². The van der Waals surface area contributed by atoms with E-state index in [1.165, 1.54) is 13.1 Å². The second-order valence-corrected chi connectivity index (χ2v) is 6.36. The summed E-state index contributed by atoms with van der Waals surface area (Å²) in [6, 6.07) is 3.24. The van der Waals surface area contributed by atoms with Crippen molar-refractivity contribution in [3.63, 3.8) is 0 Å². The van der Waals surface area contributed by atoms with Crippen molar-refractivity contribution in [3.8, 4) is 0 Å². The number of nitrogens with one attached hydrogen (secondary N) is 2. The van der Waals surface area contributed by atoms with E-state index in [1.807, 2.05) is 0 Å². The van der Waals surface area contributed by atoms with Gasteiger partial charge in [-0.25, -0.2) is 13.8 Å². The second kappa shape index (κ2) is 10.2. The number of rotatable bonds is 5. The van der Waals surface area contributed by atoms with Gasteiger partial charge in [0.15, 0.2) is 23.3 Å². The van der Waals surface area contributed by atoms with Crippen LogP contribution >= 0.6 is 35.3 Å². The Kier molecular flexibility index (Phi) is 8.85. The van der Waals surface area contributed by atoms with Crippen LogP contribution in [-0.2, 0) is 12.6 Å². The number of hydrogen-bond acceptors (Lipinski definition) is 3. The van der Waals surface area contributed by atoms with Crippen molar-refractivity contribution in [1.82, 2.24) is 15.6 Å². The lowest BCUT2D eigenvalue weighted by Crippen LogP contribution is -2.39. The minimum Gasteiger partial charge on any atom is -0.356 e. The largest absolute Gasteiger partial charge is 0.434 e. The van der Waals surface area contributed by atoms with Gasteiger partial charge < -0.3 is 10.6 Å². The molecule has 4 nitrogen and oxygen atoms in total. The summed E-state index contributed by atoms with van der Waals surface area (Å²) in [5, 5.41) is 7.28. The van der Waals surface area contributed by atoms with E-state index < -0.39 is 23.5 Å². The van der Waals surface area contributed by atoms with Gasteiger partial charge in [-0.2, -0.15) is 13.2 Å². The zero-order valence-corrected chi connectivity index (χ0v) is 17.5. The fourth-order valence-electron chi connectivity index (χ4n) is 2.11. The van der Waals surface area contributed by atoms with Gasteiger partial charge in [-0.15, -0.1) is 35.3 Å². The molecular weight excluding hydrogens is 502 g/mol. The van der Waals surface area contributed by atoms with Crippen LogP contribution in [-0.4, -0.2) is 24.5 Å². The Morgan fingerprint density at radius 2 is 1.96 bits per heavy atom. The molecule has 0 fully saturated rings. The lowest BCUT2D eigenvalue weighted by molar-refractivity contribution is -0.140. The molecule has 0 aliphatic rings. The van der Waals surface area contributed by atoms with Crippen LogP contribution in [0.25, 0.3) is 0 Å². The Hall–Kier alpha value is -1.50. The molecular formula is C16H18F5IN4S. The Balaban J connectivity index is 0.00000364. The summed E-state index contributed by atoms with van der Waals surface area (Å²) in [4.78, 5) is 7.55. The van der Waals surface area contributed by atoms with Gasteiger partial charge in [0.2, 0.25) is 0 Å². The maximum absolute atomic E-state index is 13.3. The highest BCUT2D eigenvalue weighted by molar-refractivity contribution is 14.0. The Bertz CT molecular complexity index is 778. The van der Waals surface area contributed by atoms with E-state index in [9.17, 15) is 22.0 Å². The van der Waals surface area contributed by atoms with Gasteiger partial charge in [0, 0.05) is 25.4 Å². The third-order valence-corrected chi connectivity index (χ3v) is 4.40. The number of hydrogen-bond donors (Lipinski definition) is 2. The highest BCUT2D eigenvalue weighted by Gasteiger charge is 2.33. The molecule has 0 amide bonds. The van der Waals surface area contributed by atoms with Crippen LogP contribution in [0.15, 0.2) is 28.6 Å². The zero-order valence-electron chi connectivity index (χ0n) is 14.4. The molecule has 11 heteroatoms. The van der Waals surface area contributed by atoms with Crippen molar-refractivity contribution in [2.75, 3.05) is 13.6 Å². The van der Waals surface area contributed by atoms with E-state index in [4.69, 9.17) is 0 Å². The van der Waals surface area contributed by atoms with Crippen LogP contribution < -0.4 is 10.6 Å². The summed E-state index contributed by atoms with van der Waals surface area (Å²) < 4.78 is 63.8. The molecule has 1 aromatic carbocycles. The van der Waals surface area contributed by atoms with Crippen LogP contribution in [0.1, 0.15) is 29.2 Å². The van der Waals surface area contributed by atoms with E-state index in [0.717, 1.165) is 28.8 Å². The number of halogens is 6. The number of thiazole rings is 1. The lowest BCUT2D eigenvalue weighted by atomic mass is 10.1. The summed E-state index contributed by atoms with van der Waals surface area (Å²) in [7, 11) is 1.53.